The van der Waals surface area contributed by atoms with Gasteiger partial charge in [0.15, 0.2) is 0 Å². The number of para-hydroxylation sites is 1. The molecule has 0 radical (unpaired) electrons. The number of hydrogen-bond acceptors (Lipinski definition) is 2. The molecule has 0 unspecified atom stereocenters. The first-order chi connectivity index (χ1) is 10.2. The Morgan fingerprint density at radius 2 is 1.43 bits per heavy atom. The summed E-state index contributed by atoms with van der Waals surface area (Å²) in [6.45, 7) is 4.36. The van der Waals surface area contributed by atoms with Crippen LogP contribution in [0.2, 0.25) is 0 Å². The van der Waals surface area contributed by atoms with Gasteiger partial charge in [-0.1, -0.05) is 57.0 Å². The van der Waals surface area contributed by atoms with E-state index in [0.29, 0.717) is 5.75 Å². The maximum atomic E-state index is 9.53. The fraction of sp³-hybridized carbons (Fsp3) is 0.368. The zero-order chi connectivity index (χ0) is 15.1. The number of rotatable bonds is 7. The van der Waals surface area contributed by atoms with Crippen molar-refractivity contribution in [3.8, 4) is 11.5 Å². The monoisotopic (exact) mass is 284 g/mol. The van der Waals surface area contributed by atoms with Crippen LogP contribution in [0.1, 0.15) is 45.1 Å². The van der Waals surface area contributed by atoms with Crippen molar-refractivity contribution in [2.75, 3.05) is 0 Å². The van der Waals surface area contributed by atoms with Crippen molar-refractivity contribution in [1.29, 1.82) is 0 Å². The number of phenolic OH excluding ortho intramolecular Hbond substituents is 1. The van der Waals surface area contributed by atoms with E-state index in [1.165, 1.54) is 0 Å². The molecule has 0 amide bonds. The van der Waals surface area contributed by atoms with Gasteiger partial charge in [0.05, 0.1) is 0 Å². The first kappa shape index (κ1) is 15.4. The normalized spacial score (nSPS) is 11.3. The van der Waals surface area contributed by atoms with Crippen molar-refractivity contribution in [3.63, 3.8) is 0 Å². The Morgan fingerprint density at radius 1 is 0.857 bits per heavy atom. The summed E-state index contributed by atoms with van der Waals surface area (Å²) < 4.78 is 6.43. The minimum Gasteiger partial charge on any atom is -0.508 e. The summed E-state index contributed by atoms with van der Waals surface area (Å²) in [4.78, 5) is 0. The lowest BCUT2D eigenvalue weighted by molar-refractivity contribution is 0.0452. The van der Waals surface area contributed by atoms with E-state index in [1.807, 2.05) is 42.5 Å². The maximum Gasteiger partial charge on any atom is 0.134 e. The van der Waals surface area contributed by atoms with Crippen LogP contribution < -0.4 is 4.74 Å². The third-order valence-corrected chi connectivity index (χ3v) is 3.76. The van der Waals surface area contributed by atoms with E-state index < -0.39 is 0 Å². The van der Waals surface area contributed by atoms with E-state index in [4.69, 9.17) is 4.74 Å². The van der Waals surface area contributed by atoms with Gasteiger partial charge in [0.25, 0.3) is 0 Å². The molecule has 0 spiro atoms. The molecule has 0 aliphatic carbocycles. The lowest BCUT2D eigenvalue weighted by Gasteiger charge is -2.35. The lowest BCUT2D eigenvalue weighted by Crippen LogP contribution is -2.33. The Hall–Kier alpha value is -1.96. The van der Waals surface area contributed by atoms with E-state index in [2.05, 4.69) is 13.8 Å². The molecule has 2 nitrogen and oxygen atoms in total. The van der Waals surface area contributed by atoms with Gasteiger partial charge in [0, 0.05) is 0 Å². The Kier molecular flexibility index (Phi) is 5.26. The summed E-state index contributed by atoms with van der Waals surface area (Å²) in [6.07, 6.45) is 4.02. The zero-order valence-electron chi connectivity index (χ0n) is 12.9. The fourth-order valence-electron chi connectivity index (χ4n) is 2.86. The predicted octanol–water partition coefficient (Wildman–Crippen LogP) is 5.27. The smallest absolute Gasteiger partial charge is 0.134 e. The molecular formula is C19H24O2. The van der Waals surface area contributed by atoms with Gasteiger partial charge in [-0.25, -0.2) is 0 Å². The highest BCUT2D eigenvalue weighted by Gasteiger charge is 2.32. The number of hydrogen-bond donors (Lipinski definition) is 1. The Bertz CT molecular complexity index is 525. The van der Waals surface area contributed by atoms with Gasteiger partial charge in [-0.3, -0.25) is 0 Å². The van der Waals surface area contributed by atoms with Crippen molar-refractivity contribution in [1.82, 2.24) is 0 Å². The van der Waals surface area contributed by atoms with Crippen LogP contribution in [0.3, 0.4) is 0 Å². The van der Waals surface area contributed by atoms with Crippen LogP contribution >= 0.6 is 0 Å². The Labute approximate surface area is 127 Å². The van der Waals surface area contributed by atoms with E-state index >= 15 is 0 Å². The van der Waals surface area contributed by atoms with Crippen LogP contribution in [0.5, 0.6) is 11.5 Å². The van der Waals surface area contributed by atoms with Gasteiger partial charge in [-0.15, -0.1) is 0 Å². The van der Waals surface area contributed by atoms with Gasteiger partial charge >= 0.3 is 0 Å². The summed E-state index contributed by atoms with van der Waals surface area (Å²) in [7, 11) is 0. The molecule has 0 saturated carbocycles. The summed E-state index contributed by atoms with van der Waals surface area (Å²) in [5, 5.41) is 9.53. The molecule has 21 heavy (non-hydrogen) atoms. The fourth-order valence-corrected chi connectivity index (χ4v) is 2.86. The van der Waals surface area contributed by atoms with Crippen LogP contribution in [-0.2, 0) is 5.60 Å². The molecule has 112 valence electrons. The van der Waals surface area contributed by atoms with Crippen molar-refractivity contribution in [2.45, 2.75) is 45.1 Å². The molecule has 0 heterocycles. The quantitative estimate of drug-likeness (QED) is 0.750. The van der Waals surface area contributed by atoms with E-state index in [0.717, 1.165) is 37.0 Å². The van der Waals surface area contributed by atoms with E-state index in [9.17, 15) is 5.11 Å². The number of phenols is 1. The van der Waals surface area contributed by atoms with Gasteiger partial charge in [-0.05, 0) is 42.7 Å². The number of aromatic hydroxyl groups is 1. The van der Waals surface area contributed by atoms with Crippen molar-refractivity contribution in [2.24, 2.45) is 0 Å². The highest BCUT2D eigenvalue weighted by atomic mass is 16.5. The minimum absolute atomic E-state index is 0.292. The molecular weight excluding hydrogens is 260 g/mol. The van der Waals surface area contributed by atoms with Crippen LogP contribution in [0, 0.1) is 0 Å². The van der Waals surface area contributed by atoms with Crippen molar-refractivity contribution >= 4 is 0 Å². The van der Waals surface area contributed by atoms with Gasteiger partial charge in [0.1, 0.15) is 17.1 Å². The molecule has 0 aromatic heterocycles. The highest BCUT2D eigenvalue weighted by Crippen LogP contribution is 2.37. The second-order valence-corrected chi connectivity index (χ2v) is 5.46. The third-order valence-electron chi connectivity index (χ3n) is 3.76. The van der Waals surface area contributed by atoms with Crippen LogP contribution in [0.15, 0.2) is 54.6 Å². The molecule has 1 N–H and O–H groups in total. The molecule has 0 atom stereocenters. The maximum absolute atomic E-state index is 9.53. The molecule has 2 heteroatoms. The van der Waals surface area contributed by atoms with E-state index in [-0.39, 0.29) is 5.60 Å². The van der Waals surface area contributed by atoms with E-state index in [1.54, 1.807) is 12.1 Å². The molecule has 0 saturated heterocycles. The van der Waals surface area contributed by atoms with Crippen LogP contribution in [0.25, 0.3) is 0 Å². The van der Waals surface area contributed by atoms with Crippen LogP contribution in [0.4, 0.5) is 0 Å². The highest BCUT2D eigenvalue weighted by molar-refractivity contribution is 5.32. The lowest BCUT2D eigenvalue weighted by atomic mass is 9.85. The van der Waals surface area contributed by atoms with Gasteiger partial charge in [-0.2, -0.15) is 0 Å². The Morgan fingerprint density at radius 3 is 1.95 bits per heavy atom. The first-order valence-electron chi connectivity index (χ1n) is 7.74. The second kappa shape index (κ2) is 7.16. The molecule has 2 aromatic rings. The Balaban J connectivity index is 2.38. The van der Waals surface area contributed by atoms with Gasteiger partial charge < -0.3 is 9.84 Å². The average Bonchev–Trinajstić information content (AvgIpc) is 2.49. The standard InChI is InChI=1S/C19H24O2/c1-3-14-19(15-4-2,16-10-12-17(20)13-11-16)21-18-8-6-5-7-9-18/h5-13,20H,3-4,14-15H2,1-2H3. The molecule has 0 bridgehead atoms. The summed E-state index contributed by atoms with van der Waals surface area (Å²) >= 11 is 0. The molecule has 0 aliphatic rings. The average molecular weight is 284 g/mol. The minimum atomic E-state index is -0.321. The molecule has 0 aliphatic heterocycles. The summed E-state index contributed by atoms with van der Waals surface area (Å²) in [5.74, 6) is 1.19. The third kappa shape index (κ3) is 3.78. The first-order valence-corrected chi connectivity index (χ1v) is 7.74. The summed E-state index contributed by atoms with van der Waals surface area (Å²) in [6, 6.07) is 17.4. The zero-order valence-corrected chi connectivity index (χ0v) is 12.9. The SMILES string of the molecule is CCCC(CCC)(Oc1ccccc1)c1ccc(O)cc1. The topological polar surface area (TPSA) is 29.5 Å². The predicted molar refractivity (Wildman–Crippen MR) is 86.7 cm³/mol. The summed E-state index contributed by atoms with van der Waals surface area (Å²) in [5.41, 5.74) is 0.811. The molecule has 2 aromatic carbocycles. The number of ether oxygens (including phenoxy) is 1. The largest absolute Gasteiger partial charge is 0.508 e. The number of benzene rings is 2. The van der Waals surface area contributed by atoms with Crippen molar-refractivity contribution in [3.05, 3.63) is 60.2 Å². The van der Waals surface area contributed by atoms with Crippen LogP contribution in [-0.4, -0.2) is 5.11 Å². The molecule has 2 rings (SSSR count). The molecule has 0 fully saturated rings. The van der Waals surface area contributed by atoms with Crippen molar-refractivity contribution < 1.29 is 9.84 Å². The second-order valence-electron chi connectivity index (χ2n) is 5.46. The van der Waals surface area contributed by atoms with Gasteiger partial charge in [0.2, 0.25) is 0 Å².